The Balaban J connectivity index is 4.00. The van der Waals surface area contributed by atoms with E-state index in [1.165, 1.54) is 0 Å². The van der Waals surface area contributed by atoms with Gasteiger partial charge in [0.15, 0.2) is 5.03 Å². The number of amidine groups is 1. The van der Waals surface area contributed by atoms with Crippen LogP contribution in [0.5, 0.6) is 0 Å². The van der Waals surface area contributed by atoms with Gasteiger partial charge in [-0.2, -0.15) is 4.99 Å². The number of carbonyl (C=O) groups excluding carboxylic acids is 2. The van der Waals surface area contributed by atoms with Gasteiger partial charge < -0.3 is 4.79 Å². The molecule has 0 heterocycles. The van der Waals surface area contributed by atoms with Crippen molar-refractivity contribution in [1.29, 1.82) is 0 Å². The summed E-state index contributed by atoms with van der Waals surface area (Å²) in [5, 5.41) is 9.29. The van der Waals surface area contributed by atoms with Gasteiger partial charge in [-0.3, -0.25) is 4.79 Å². The molecule has 0 aromatic heterocycles. The highest BCUT2D eigenvalue weighted by atomic mass is 32.2. The summed E-state index contributed by atoms with van der Waals surface area (Å²) >= 11 is 0.991. The maximum atomic E-state index is 11.2. The quantitative estimate of drug-likeness (QED) is 0.186. The first-order valence-electron chi connectivity index (χ1n) is 4.60. The standard InChI is InChI=1S/C8H13N3O4S/c1-16-8(10-11(14)15)9-7(13)5-3-2-4-6-12/h6H,2-5H2,1H3,(H,9,10,13). The van der Waals surface area contributed by atoms with Crippen molar-refractivity contribution >= 4 is 29.1 Å². The number of carbonyl (C=O) groups is 2. The van der Waals surface area contributed by atoms with Gasteiger partial charge in [0.1, 0.15) is 6.29 Å². The average molecular weight is 247 g/mol. The molecule has 0 saturated carbocycles. The normalized spacial score (nSPS) is 10.9. The molecule has 0 saturated heterocycles. The third-order valence-corrected chi connectivity index (χ3v) is 2.14. The summed E-state index contributed by atoms with van der Waals surface area (Å²) in [6, 6.07) is 0. The maximum Gasteiger partial charge on any atom is 0.248 e. The zero-order valence-corrected chi connectivity index (χ0v) is 9.66. The summed E-state index contributed by atoms with van der Waals surface area (Å²) in [6.45, 7) is 0. The molecular formula is C8H13N3O4S. The summed E-state index contributed by atoms with van der Waals surface area (Å²) in [5.74, 6) is -0.426. The molecule has 0 bridgehead atoms. The van der Waals surface area contributed by atoms with Gasteiger partial charge >= 0.3 is 0 Å². The summed E-state index contributed by atoms with van der Waals surface area (Å²) < 4.78 is 0. The van der Waals surface area contributed by atoms with Crippen molar-refractivity contribution in [3.8, 4) is 0 Å². The van der Waals surface area contributed by atoms with E-state index in [0.29, 0.717) is 19.3 Å². The molecule has 0 unspecified atom stereocenters. The van der Waals surface area contributed by atoms with Crippen molar-refractivity contribution < 1.29 is 14.6 Å². The number of aliphatic imine (C=N–C) groups is 1. The van der Waals surface area contributed by atoms with E-state index in [4.69, 9.17) is 0 Å². The number of hydrogen-bond donors (Lipinski definition) is 1. The fraction of sp³-hybridized carbons (Fsp3) is 0.625. The predicted molar refractivity (Wildman–Crippen MR) is 60.6 cm³/mol. The van der Waals surface area contributed by atoms with E-state index in [0.717, 1.165) is 18.0 Å². The van der Waals surface area contributed by atoms with Gasteiger partial charge in [-0.1, -0.05) is 17.2 Å². The number of unbranched alkanes of at least 4 members (excludes halogenated alkanes) is 2. The molecule has 0 aliphatic rings. The monoisotopic (exact) mass is 247 g/mol. The lowest BCUT2D eigenvalue weighted by Gasteiger charge is -1.98. The van der Waals surface area contributed by atoms with E-state index in [1.807, 2.05) is 5.43 Å². The topological polar surface area (TPSA) is 102 Å². The van der Waals surface area contributed by atoms with E-state index < -0.39 is 10.9 Å². The van der Waals surface area contributed by atoms with Crippen molar-refractivity contribution in [1.82, 2.24) is 5.43 Å². The van der Waals surface area contributed by atoms with Crippen LogP contribution in [-0.4, -0.2) is 28.6 Å². The first-order valence-corrected chi connectivity index (χ1v) is 5.82. The van der Waals surface area contributed by atoms with Crippen LogP contribution in [0, 0.1) is 10.1 Å². The van der Waals surface area contributed by atoms with Crippen molar-refractivity contribution in [3.63, 3.8) is 0 Å². The summed E-state index contributed by atoms with van der Waals surface area (Å²) in [4.78, 5) is 34.8. The smallest absolute Gasteiger partial charge is 0.248 e. The molecule has 0 spiro atoms. The number of nitrogens with zero attached hydrogens (tertiary/aromatic N) is 2. The molecule has 0 aromatic carbocycles. The zero-order valence-electron chi connectivity index (χ0n) is 8.84. The van der Waals surface area contributed by atoms with Gasteiger partial charge in [-0.05, 0) is 19.1 Å². The van der Waals surface area contributed by atoms with Crippen molar-refractivity contribution in [3.05, 3.63) is 10.1 Å². The van der Waals surface area contributed by atoms with Crippen molar-refractivity contribution in [2.24, 2.45) is 4.99 Å². The van der Waals surface area contributed by atoms with E-state index >= 15 is 0 Å². The summed E-state index contributed by atoms with van der Waals surface area (Å²) in [6.07, 6.45) is 4.16. The zero-order chi connectivity index (χ0) is 12.4. The van der Waals surface area contributed by atoms with Gasteiger partial charge in [0.25, 0.3) is 0 Å². The van der Waals surface area contributed by atoms with E-state index in [-0.39, 0.29) is 11.6 Å². The molecule has 0 aliphatic carbocycles. The van der Waals surface area contributed by atoms with Crippen LogP contribution in [0.15, 0.2) is 4.99 Å². The van der Waals surface area contributed by atoms with Crippen LogP contribution in [-0.2, 0) is 9.59 Å². The highest BCUT2D eigenvalue weighted by Crippen LogP contribution is 2.02. The van der Waals surface area contributed by atoms with Gasteiger partial charge in [0.2, 0.25) is 11.1 Å². The molecule has 16 heavy (non-hydrogen) atoms. The second kappa shape index (κ2) is 8.84. The molecule has 0 atom stereocenters. The molecule has 7 nitrogen and oxygen atoms in total. The molecule has 8 heteroatoms. The second-order valence-corrected chi connectivity index (χ2v) is 3.59. The Morgan fingerprint density at radius 2 is 2.25 bits per heavy atom. The SMILES string of the molecule is CSC(=NC(=O)CCCCC=O)N[N+](=O)[O-]. The van der Waals surface area contributed by atoms with Crippen LogP contribution in [0.4, 0.5) is 0 Å². The minimum atomic E-state index is -0.769. The molecule has 0 rings (SSSR count). The second-order valence-electron chi connectivity index (χ2n) is 2.80. The van der Waals surface area contributed by atoms with Gasteiger partial charge in [0.05, 0.1) is 0 Å². The first-order chi connectivity index (χ1) is 7.60. The highest BCUT2D eigenvalue weighted by Gasteiger charge is 2.07. The number of thioether (sulfide) groups is 1. The number of nitrogens with one attached hydrogen (secondary N) is 1. The summed E-state index contributed by atoms with van der Waals surface area (Å²) in [5.41, 5.74) is 1.82. The van der Waals surface area contributed by atoms with Crippen LogP contribution in [0.25, 0.3) is 0 Å². The van der Waals surface area contributed by atoms with E-state index in [9.17, 15) is 19.7 Å². The Kier molecular flexibility index (Phi) is 8.04. The number of rotatable bonds is 6. The lowest BCUT2D eigenvalue weighted by molar-refractivity contribution is -0.524. The van der Waals surface area contributed by atoms with E-state index in [2.05, 4.69) is 4.99 Å². The maximum absolute atomic E-state index is 11.2. The van der Waals surface area contributed by atoms with Crippen LogP contribution in [0.1, 0.15) is 25.7 Å². The summed E-state index contributed by atoms with van der Waals surface area (Å²) in [7, 11) is 0. The van der Waals surface area contributed by atoms with Crippen LogP contribution < -0.4 is 5.43 Å². The Hall–Kier alpha value is -1.44. The van der Waals surface area contributed by atoms with Crippen LogP contribution >= 0.6 is 11.8 Å². The van der Waals surface area contributed by atoms with E-state index in [1.54, 1.807) is 6.26 Å². The van der Waals surface area contributed by atoms with Crippen LogP contribution in [0.2, 0.25) is 0 Å². The van der Waals surface area contributed by atoms with Gasteiger partial charge in [-0.15, -0.1) is 0 Å². The number of aldehydes is 1. The minimum Gasteiger partial charge on any atom is -0.303 e. The fourth-order valence-corrected chi connectivity index (χ4v) is 1.23. The number of hydrogen-bond acceptors (Lipinski definition) is 5. The average Bonchev–Trinajstić information content (AvgIpc) is 2.23. The Morgan fingerprint density at radius 3 is 2.75 bits per heavy atom. The van der Waals surface area contributed by atoms with Crippen molar-refractivity contribution in [2.45, 2.75) is 25.7 Å². The Labute approximate surface area is 96.8 Å². The van der Waals surface area contributed by atoms with Gasteiger partial charge in [0, 0.05) is 12.8 Å². The number of hydrazine groups is 1. The molecule has 1 amide bonds. The largest absolute Gasteiger partial charge is 0.303 e. The third kappa shape index (κ3) is 7.92. The predicted octanol–water partition coefficient (Wildman–Crippen LogP) is 0.773. The molecule has 0 radical (unpaired) electrons. The van der Waals surface area contributed by atoms with Crippen molar-refractivity contribution in [2.75, 3.05) is 6.26 Å². The number of amides is 1. The minimum absolute atomic E-state index is 0.0367. The number of nitro groups is 1. The molecule has 0 aromatic rings. The fourth-order valence-electron chi connectivity index (χ4n) is 0.867. The Morgan fingerprint density at radius 1 is 1.56 bits per heavy atom. The molecular weight excluding hydrogens is 234 g/mol. The van der Waals surface area contributed by atoms with Crippen LogP contribution in [0.3, 0.4) is 0 Å². The molecule has 0 fully saturated rings. The Bertz CT molecular complexity index is 293. The lowest BCUT2D eigenvalue weighted by atomic mass is 10.2. The van der Waals surface area contributed by atoms with Gasteiger partial charge in [-0.25, -0.2) is 10.1 Å². The molecule has 1 N–H and O–H groups in total. The third-order valence-electron chi connectivity index (χ3n) is 1.57. The molecule has 90 valence electrons. The first kappa shape index (κ1) is 14.6. The lowest BCUT2D eigenvalue weighted by Crippen LogP contribution is -2.27. The highest BCUT2D eigenvalue weighted by molar-refractivity contribution is 8.13. The molecule has 0 aliphatic heterocycles.